The minimum absolute atomic E-state index is 0.134. The fourth-order valence-corrected chi connectivity index (χ4v) is 4.34. The molecule has 0 atom stereocenters. The zero-order chi connectivity index (χ0) is 16.1. The Morgan fingerprint density at radius 3 is 2.61 bits per heavy atom. The fraction of sp³-hybridized carbons (Fsp3) is 0.706. The van der Waals surface area contributed by atoms with E-state index in [2.05, 4.69) is 27.7 Å². The maximum absolute atomic E-state index is 12.4. The largest absolute Gasteiger partial charge is 0.394 e. The van der Waals surface area contributed by atoms with Gasteiger partial charge in [0, 0.05) is 43.1 Å². The first kappa shape index (κ1) is 16.9. The van der Waals surface area contributed by atoms with Gasteiger partial charge >= 0.3 is 0 Å². The summed E-state index contributed by atoms with van der Waals surface area (Å²) in [7, 11) is 0. The molecule has 2 aliphatic rings. The number of carbonyl (C=O) groups excluding carboxylic acids is 1. The van der Waals surface area contributed by atoms with Crippen LogP contribution in [0.5, 0.6) is 0 Å². The molecule has 0 bridgehead atoms. The van der Waals surface area contributed by atoms with E-state index in [4.69, 9.17) is 0 Å². The molecule has 1 saturated carbocycles. The lowest BCUT2D eigenvalue weighted by molar-refractivity contribution is -0.132. The number of hydrogen-bond acceptors (Lipinski definition) is 5. The Labute approximate surface area is 142 Å². The molecule has 0 radical (unpaired) electrons. The van der Waals surface area contributed by atoms with Gasteiger partial charge < -0.3 is 15.3 Å². The molecule has 1 aliphatic heterocycles. The first-order valence-corrected chi connectivity index (χ1v) is 9.47. The van der Waals surface area contributed by atoms with Gasteiger partial charge in [0.15, 0.2) is 0 Å². The molecule has 2 heterocycles. The number of aliphatic hydroxyl groups is 1. The second-order valence-corrected chi connectivity index (χ2v) is 7.77. The van der Waals surface area contributed by atoms with Gasteiger partial charge in [-0.15, -0.1) is 11.3 Å². The number of piperazine rings is 1. The van der Waals surface area contributed by atoms with Gasteiger partial charge in [-0.25, -0.2) is 0 Å². The molecule has 0 unspecified atom stereocenters. The Hall–Kier alpha value is -0.950. The minimum Gasteiger partial charge on any atom is -0.394 e. The van der Waals surface area contributed by atoms with Crippen molar-refractivity contribution in [3.63, 3.8) is 0 Å². The zero-order valence-electron chi connectivity index (χ0n) is 13.7. The Balaban J connectivity index is 1.41. The monoisotopic (exact) mass is 337 g/mol. The summed E-state index contributed by atoms with van der Waals surface area (Å²) in [6, 6.07) is 4.26. The van der Waals surface area contributed by atoms with Crippen LogP contribution in [-0.4, -0.2) is 65.7 Å². The van der Waals surface area contributed by atoms with E-state index in [9.17, 15) is 9.90 Å². The molecule has 2 fully saturated rings. The summed E-state index contributed by atoms with van der Waals surface area (Å²) in [5, 5.41) is 15.1. The summed E-state index contributed by atoms with van der Waals surface area (Å²) in [6.07, 6.45) is 4.24. The lowest BCUT2D eigenvalue weighted by atomic mass is 9.99. The maximum Gasteiger partial charge on any atom is 0.236 e. The molecular formula is C17H27N3O2S. The number of thiophene rings is 1. The predicted molar refractivity (Wildman–Crippen MR) is 92.5 cm³/mol. The van der Waals surface area contributed by atoms with E-state index in [1.165, 1.54) is 4.88 Å². The highest BCUT2D eigenvalue weighted by molar-refractivity contribution is 7.09. The number of carbonyl (C=O) groups is 1. The third-order valence-corrected chi connectivity index (χ3v) is 6.02. The Kier molecular flexibility index (Phi) is 5.69. The Morgan fingerprint density at radius 1 is 1.26 bits per heavy atom. The highest BCUT2D eigenvalue weighted by Crippen LogP contribution is 2.28. The van der Waals surface area contributed by atoms with Gasteiger partial charge in [0.05, 0.1) is 13.2 Å². The SMILES string of the molecule is O=C(CNC1(CO)CCCC1)N1CCN(Cc2cccs2)CC1. The molecule has 128 valence electrons. The van der Waals surface area contributed by atoms with Gasteiger partial charge in [0.1, 0.15) is 0 Å². The van der Waals surface area contributed by atoms with E-state index in [1.807, 2.05) is 4.90 Å². The van der Waals surface area contributed by atoms with Gasteiger partial charge in [-0.3, -0.25) is 9.69 Å². The van der Waals surface area contributed by atoms with Gasteiger partial charge in [0.25, 0.3) is 0 Å². The van der Waals surface area contributed by atoms with Crippen molar-refractivity contribution in [3.8, 4) is 0 Å². The number of aliphatic hydroxyl groups excluding tert-OH is 1. The number of hydrogen-bond donors (Lipinski definition) is 2. The lowest BCUT2D eigenvalue weighted by Crippen LogP contribution is -2.54. The molecular weight excluding hydrogens is 310 g/mol. The van der Waals surface area contributed by atoms with Crippen LogP contribution in [0.4, 0.5) is 0 Å². The molecule has 3 rings (SSSR count). The molecule has 23 heavy (non-hydrogen) atoms. The zero-order valence-corrected chi connectivity index (χ0v) is 14.5. The molecule has 1 aromatic heterocycles. The van der Waals surface area contributed by atoms with Crippen LogP contribution in [0, 0.1) is 0 Å². The van der Waals surface area contributed by atoms with Gasteiger partial charge in [-0.1, -0.05) is 18.9 Å². The van der Waals surface area contributed by atoms with E-state index in [-0.39, 0.29) is 18.1 Å². The summed E-state index contributed by atoms with van der Waals surface area (Å²) < 4.78 is 0. The lowest BCUT2D eigenvalue weighted by Gasteiger charge is -2.35. The summed E-state index contributed by atoms with van der Waals surface area (Å²) >= 11 is 1.79. The molecule has 1 aliphatic carbocycles. The van der Waals surface area contributed by atoms with Crippen LogP contribution in [0.2, 0.25) is 0 Å². The first-order valence-electron chi connectivity index (χ1n) is 8.59. The second kappa shape index (κ2) is 7.75. The van der Waals surface area contributed by atoms with Gasteiger partial charge in [0.2, 0.25) is 5.91 Å². The van der Waals surface area contributed by atoms with Crippen molar-refractivity contribution in [2.75, 3.05) is 39.3 Å². The normalized spacial score (nSPS) is 21.7. The predicted octanol–water partition coefficient (Wildman–Crippen LogP) is 1.29. The standard InChI is InChI=1S/C17H27N3O2S/c21-14-17(5-1-2-6-17)18-12-16(22)20-9-7-19(8-10-20)13-15-4-3-11-23-15/h3-4,11,18,21H,1-2,5-10,12-14H2. The fourth-order valence-electron chi connectivity index (χ4n) is 3.60. The molecule has 0 spiro atoms. The van der Waals surface area contributed by atoms with E-state index in [0.717, 1.165) is 58.4 Å². The summed E-state index contributed by atoms with van der Waals surface area (Å²) in [6.45, 7) is 4.96. The van der Waals surface area contributed by atoms with Gasteiger partial charge in [-0.05, 0) is 24.3 Å². The number of nitrogens with one attached hydrogen (secondary N) is 1. The third kappa shape index (κ3) is 4.32. The van der Waals surface area contributed by atoms with Crippen LogP contribution in [-0.2, 0) is 11.3 Å². The quantitative estimate of drug-likeness (QED) is 0.821. The van der Waals surface area contributed by atoms with Crippen LogP contribution < -0.4 is 5.32 Å². The Morgan fingerprint density at radius 2 is 2.00 bits per heavy atom. The van der Waals surface area contributed by atoms with Crippen molar-refractivity contribution in [1.82, 2.24) is 15.1 Å². The van der Waals surface area contributed by atoms with Crippen LogP contribution in [0.1, 0.15) is 30.6 Å². The average Bonchev–Trinajstić information content (AvgIpc) is 3.25. The van der Waals surface area contributed by atoms with Crippen molar-refractivity contribution >= 4 is 17.2 Å². The smallest absolute Gasteiger partial charge is 0.236 e. The van der Waals surface area contributed by atoms with Crippen LogP contribution in [0.15, 0.2) is 17.5 Å². The van der Waals surface area contributed by atoms with Crippen molar-refractivity contribution < 1.29 is 9.90 Å². The van der Waals surface area contributed by atoms with E-state index >= 15 is 0 Å². The first-order chi connectivity index (χ1) is 11.2. The highest BCUT2D eigenvalue weighted by atomic mass is 32.1. The molecule has 1 amide bonds. The molecule has 0 aromatic carbocycles. The molecule has 5 nitrogen and oxygen atoms in total. The molecule has 1 saturated heterocycles. The van der Waals surface area contributed by atoms with Crippen molar-refractivity contribution in [2.45, 2.75) is 37.8 Å². The number of amides is 1. The second-order valence-electron chi connectivity index (χ2n) is 6.74. The average molecular weight is 337 g/mol. The minimum atomic E-state index is -0.212. The molecule has 1 aromatic rings. The van der Waals surface area contributed by atoms with E-state index in [0.29, 0.717) is 6.54 Å². The third-order valence-electron chi connectivity index (χ3n) is 5.16. The van der Waals surface area contributed by atoms with Crippen molar-refractivity contribution in [1.29, 1.82) is 0 Å². The number of rotatable bonds is 6. The maximum atomic E-state index is 12.4. The Bertz CT molecular complexity index is 492. The topological polar surface area (TPSA) is 55.8 Å². The van der Waals surface area contributed by atoms with Crippen LogP contribution >= 0.6 is 11.3 Å². The highest BCUT2D eigenvalue weighted by Gasteiger charge is 2.33. The summed E-state index contributed by atoms with van der Waals surface area (Å²) in [5.74, 6) is 0.167. The van der Waals surface area contributed by atoms with Crippen molar-refractivity contribution in [3.05, 3.63) is 22.4 Å². The van der Waals surface area contributed by atoms with E-state index < -0.39 is 0 Å². The summed E-state index contributed by atoms with van der Waals surface area (Å²) in [5.41, 5.74) is -0.212. The molecule has 2 N–H and O–H groups in total. The van der Waals surface area contributed by atoms with Gasteiger partial charge in [-0.2, -0.15) is 0 Å². The van der Waals surface area contributed by atoms with Crippen LogP contribution in [0.3, 0.4) is 0 Å². The summed E-state index contributed by atoms with van der Waals surface area (Å²) in [4.78, 5) is 18.2. The number of nitrogens with zero attached hydrogens (tertiary/aromatic N) is 2. The van der Waals surface area contributed by atoms with Crippen LogP contribution in [0.25, 0.3) is 0 Å². The molecule has 6 heteroatoms. The van der Waals surface area contributed by atoms with E-state index in [1.54, 1.807) is 11.3 Å². The van der Waals surface area contributed by atoms with Crippen molar-refractivity contribution in [2.24, 2.45) is 0 Å².